The summed E-state index contributed by atoms with van der Waals surface area (Å²) in [5.74, 6) is 0.292. The second-order valence-electron chi connectivity index (χ2n) is 5.94. The van der Waals surface area contributed by atoms with Gasteiger partial charge in [-0.15, -0.1) is 0 Å². The minimum absolute atomic E-state index is 0.0699. The second kappa shape index (κ2) is 7.17. The average Bonchev–Trinajstić information content (AvgIpc) is 3.02. The van der Waals surface area contributed by atoms with Crippen LogP contribution >= 0.6 is 0 Å². The lowest BCUT2D eigenvalue weighted by atomic mass is 10.1. The first kappa shape index (κ1) is 16.1. The third kappa shape index (κ3) is 3.93. The summed E-state index contributed by atoms with van der Waals surface area (Å²) < 4.78 is 0. The van der Waals surface area contributed by atoms with Gasteiger partial charge in [0.05, 0.1) is 6.42 Å². The topological polar surface area (TPSA) is 69.6 Å². The van der Waals surface area contributed by atoms with Crippen molar-refractivity contribution in [3.8, 4) is 5.75 Å². The molecule has 0 atom stereocenters. The number of rotatable bonds is 5. The summed E-state index contributed by atoms with van der Waals surface area (Å²) >= 11 is 0. The van der Waals surface area contributed by atoms with E-state index in [0.717, 1.165) is 29.8 Å². The van der Waals surface area contributed by atoms with Crippen molar-refractivity contribution >= 4 is 17.5 Å². The highest BCUT2D eigenvalue weighted by Gasteiger charge is 2.21. The standard InChI is InChI=1S/C19H20N2O3/c22-17-9-5-14(6-10-17)12-18(23)20-13-15-3-7-16(8-4-15)21-11-1-2-19(21)24/h3-10,22H,1-2,11-13H2,(H,20,23). The third-order valence-electron chi connectivity index (χ3n) is 4.11. The van der Waals surface area contributed by atoms with Crippen LogP contribution in [-0.2, 0) is 22.6 Å². The summed E-state index contributed by atoms with van der Waals surface area (Å²) in [5.41, 5.74) is 2.76. The highest BCUT2D eigenvalue weighted by molar-refractivity contribution is 5.95. The lowest BCUT2D eigenvalue weighted by Gasteiger charge is -2.16. The fraction of sp³-hybridized carbons (Fsp3) is 0.263. The average molecular weight is 324 g/mol. The van der Waals surface area contributed by atoms with Crippen LogP contribution in [0.15, 0.2) is 48.5 Å². The monoisotopic (exact) mass is 324 g/mol. The SMILES string of the molecule is O=C(Cc1ccc(O)cc1)NCc1ccc(N2CCCC2=O)cc1. The van der Waals surface area contributed by atoms with Crippen LogP contribution in [-0.4, -0.2) is 23.5 Å². The van der Waals surface area contributed by atoms with E-state index in [1.54, 1.807) is 29.2 Å². The largest absolute Gasteiger partial charge is 0.508 e. The van der Waals surface area contributed by atoms with Gasteiger partial charge in [-0.05, 0) is 41.8 Å². The molecule has 5 nitrogen and oxygen atoms in total. The number of aromatic hydroxyl groups is 1. The van der Waals surface area contributed by atoms with Crippen LogP contribution in [0.25, 0.3) is 0 Å². The van der Waals surface area contributed by atoms with E-state index in [1.165, 1.54) is 0 Å². The summed E-state index contributed by atoms with van der Waals surface area (Å²) in [6.07, 6.45) is 1.81. The van der Waals surface area contributed by atoms with Crippen molar-refractivity contribution in [2.24, 2.45) is 0 Å². The van der Waals surface area contributed by atoms with Gasteiger partial charge in [0.25, 0.3) is 0 Å². The number of carbonyl (C=O) groups excluding carboxylic acids is 2. The fourth-order valence-electron chi connectivity index (χ4n) is 2.78. The van der Waals surface area contributed by atoms with Gasteiger partial charge in [0, 0.05) is 25.2 Å². The van der Waals surface area contributed by atoms with Gasteiger partial charge in [-0.25, -0.2) is 0 Å². The van der Waals surface area contributed by atoms with Gasteiger partial charge in [-0.1, -0.05) is 24.3 Å². The van der Waals surface area contributed by atoms with Gasteiger partial charge in [0.1, 0.15) is 5.75 Å². The zero-order valence-corrected chi connectivity index (χ0v) is 13.4. The maximum atomic E-state index is 12.0. The molecule has 5 heteroatoms. The molecule has 1 heterocycles. The molecule has 1 aliphatic rings. The molecule has 1 saturated heterocycles. The lowest BCUT2D eigenvalue weighted by molar-refractivity contribution is -0.120. The first-order valence-corrected chi connectivity index (χ1v) is 8.06. The summed E-state index contributed by atoms with van der Waals surface area (Å²) in [6, 6.07) is 14.3. The normalized spacial score (nSPS) is 14.0. The molecule has 2 amide bonds. The number of carbonyl (C=O) groups is 2. The Morgan fingerprint density at radius 1 is 1.04 bits per heavy atom. The Morgan fingerprint density at radius 3 is 2.33 bits per heavy atom. The highest BCUT2D eigenvalue weighted by atomic mass is 16.3. The van der Waals surface area contributed by atoms with Crippen molar-refractivity contribution < 1.29 is 14.7 Å². The number of anilines is 1. The van der Waals surface area contributed by atoms with Gasteiger partial charge in [0.2, 0.25) is 11.8 Å². The zero-order valence-electron chi connectivity index (χ0n) is 13.4. The Balaban J connectivity index is 1.51. The van der Waals surface area contributed by atoms with E-state index in [0.29, 0.717) is 13.0 Å². The van der Waals surface area contributed by atoms with Gasteiger partial charge >= 0.3 is 0 Å². The van der Waals surface area contributed by atoms with E-state index in [9.17, 15) is 14.7 Å². The van der Waals surface area contributed by atoms with E-state index >= 15 is 0 Å². The summed E-state index contributed by atoms with van der Waals surface area (Å²) in [5, 5.41) is 12.1. The zero-order chi connectivity index (χ0) is 16.9. The number of nitrogens with zero attached hydrogens (tertiary/aromatic N) is 1. The Labute approximate surface area is 140 Å². The molecule has 0 aromatic heterocycles. The number of phenols is 1. The number of hydrogen-bond donors (Lipinski definition) is 2. The number of amides is 2. The van der Waals surface area contributed by atoms with Crippen molar-refractivity contribution in [1.82, 2.24) is 5.32 Å². The van der Waals surface area contributed by atoms with E-state index in [2.05, 4.69) is 5.32 Å². The van der Waals surface area contributed by atoms with Crippen molar-refractivity contribution in [1.29, 1.82) is 0 Å². The molecule has 2 aromatic carbocycles. The maximum absolute atomic E-state index is 12.0. The minimum atomic E-state index is -0.0699. The minimum Gasteiger partial charge on any atom is -0.508 e. The van der Waals surface area contributed by atoms with Gasteiger partial charge in [-0.2, -0.15) is 0 Å². The van der Waals surface area contributed by atoms with Crippen LogP contribution < -0.4 is 10.2 Å². The Hall–Kier alpha value is -2.82. The second-order valence-corrected chi connectivity index (χ2v) is 5.94. The number of benzene rings is 2. The molecular weight excluding hydrogens is 304 g/mol. The Bertz CT molecular complexity index is 723. The number of phenolic OH excluding ortho intramolecular Hbond substituents is 1. The van der Waals surface area contributed by atoms with Crippen molar-refractivity contribution in [3.05, 3.63) is 59.7 Å². The number of nitrogens with one attached hydrogen (secondary N) is 1. The van der Waals surface area contributed by atoms with Gasteiger partial charge < -0.3 is 15.3 Å². The summed E-state index contributed by atoms with van der Waals surface area (Å²) in [7, 11) is 0. The molecule has 0 radical (unpaired) electrons. The molecule has 24 heavy (non-hydrogen) atoms. The smallest absolute Gasteiger partial charge is 0.227 e. The van der Waals surface area contributed by atoms with Crippen molar-refractivity contribution in [2.45, 2.75) is 25.8 Å². The highest BCUT2D eigenvalue weighted by Crippen LogP contribution is 2.21. The van der Waals surface area contributed by atoms with E-state index in [-0.39, 0.29) is 24.0 Å². The molecule has 1 fully saturated rings. The predicted octanol–water partition coefficient (Wildman–Crippen LogP) is 2.38. The molecule has 0 bridgehead atoms. The third-order valence-corrected chi connectivity index (χ3v) is 4.11. The summed E-state index contributed by atoms with van der Waals surface area (Å²) in [6.45, 7) is 1.23. The molecule has 0 spiro atoms. The molecule has 2 N–H and O–H groups in total. The van der Waals surface area contributed by atoms with Crippen LogP contribution in [0.2, 0.25) is 0 Å². The number of hydrogen-bond acceptors (Lipinski definition) is 3. The van der Waals surface area contributed by atoms with Gasteiger partial charge in [-0.3, -0.25) is 9.59 Å². The molecule has 1 aliphatic heterocycles. The molecule has 2 aromatic rings. The van der Waals surface area contributed by atoms with Crippen LogP contribution in [0.1, 0.15) is 24.0 Å². The molecule has 0 unspecified atom stereocenters. The molecule has 124 valence electrons. The predicted molar refractivity (Wildman–Crippen MR) is 91.7 cm³/mol. The molecule has 3 rings (SSSR count). The van der Waals surface area contributed by atoms with Crippen LogP contribution in [0.4, 0.5) is 5.69 Å². The Morgan fingerprint density at radius 2 is 1.71 bits per heavy atom. The van der Waals surface area contributed by atoms with Crippen LogP contribution in [0.3, 0.4) is 0 Å². The quantitative estimate of drug-likeness (QED) is 0.887. The van der Waals surface area contributed by atoms with Gasteiger partial charge in [0.15, 0.2) is 0 Å². The Kier molecular flexibility index (Phi) is 4.79. The molecular formula is C19H20N2O3. The first-order chi connectivity index (χ1) is 11.6. The van der Waals surface area contributed by atoms with E-state index in [4.69, 9.17) is 0 Å². The lowest BCUT2D eigenvalue weighted by Crippen LogP contribution is -2.25. The van der Waals surface area contributed by atoms with E-state index < -0.39 is 0 Å². The maximum Gasteiger partial charge on any atom is 0.227 e. The first-order valence-electron chi connectivity index (χ1n) is 8.06. The van der Waals surface area contributed by atoms with Crippen molar-refractivity contribution in [2.75, 3.05) is 11.4 Å². The van der Waals surface area contributed by atoms with Crippen LogP contribution in [0, 0.1) is 0 Å². The van der Waals surface area contributed by atoms with E-state index in [1.807, 2.05) is 24.3 Å². The fourth-order valence-corrected chi connectivity index (χ4v) is 2.78. The van der Waals surface area contributed by atoms with Crippen molar-refractivity contribution in [3.63, 3.8) is 0 Å². The van der Waals surface area contributed by atoms with Crippen LogP contribution in [0.5, 0.6) is 5.75 Å². The summed E-state index contributed by atoms with van der Waals surface area (Å²) in [4.78, 5) is 25.5. The molecule has 0 saturated carbocycles. The molecule has 0 aliphatic carbocycles.